The molecule has 0 unspecified atom stereocenters. The molecule has 3 aromatic rings. The summed E-state index contributed by atoms with van der Waals surface area (Å²) in [6, 6.07) is 13.8. The van der Waals surface area contributed by atoms with Gasteiger partial charge in [0.15, 0.2) is 14.6 Å². The van der Waals surface area contributed by atoms with Gasteiger partial charge in [0.25, 0.3) is 5.56 Å². The van der Waals surface area contributed by atoms with E-state index in [4.69, 9.17) is 13.9 Å². The van der Waals surface area contributed by atoms with E-state index in [1.165, 1.54) is 12.1 Å². The molecule has 0 N–H and O–H groups in total. The summed E-state index contributed by atoms with van der Waals surface area (Å²) in [5.74, 6) is -0.210. The Bertz CT molecular complexity index is 1390. The number of halogens is 1. The Labute approximate surface area is 232 Å². The first-order valence-electron chi connectivity index (χ1n) is 13.8. The summed E-state index contributed by atoms with van der Waals surface area (Å²) in [5, 5.41) is 1.66. The van der Waals surface area contributed by atoms with E-state index in [2.05, 4.69) is 47.7 Å². The van der Waals surface area contributed by atoms with Crippen molar-refractivity contribution < 1.29 is 18.3 Å². The molecule has 0 radical (unpaired) electrons. The summed E-state index contributed by atoms with van der Waals surface area (Å²) in [5.41, 5.74) is 2.30. The molecule has 5 nitrogen and oxygen atoms in total. The van der Waals surface area contributed by atoms with Crippen LogP contribution >= 0.6 is 0 Å². The Hall–Kier alpha value is -2.58. The van der Waals surface area contributed by atoms with E-state index in [0.29, 0.717) is 23.9 Å². The molecule has 1 fully saturated rings. The number of nitrogens with zero attached hydrogens (tertiary/aromatic N) is 1. The molecule has 4 rings (SSSR count). The van der Waals surface area contributed by atoms with Gasteiger partial charge < -0.3 is 13.9 Å². The number of pyridine rings is 1. The smallest absolute Gasteiger partial charge is 0.263 e. The van der Waals surface area contributed by atoms with Gasteiger partial charge in [0.2, 0.25) is 0 Å². The molecule has 0 spiro atoms. The van der Waals surface area contributed by atoms with E-state index in [1.807, 2.05) is 36.4 Å². The fourth-order valence-electron chi connectivity index (χ4n) is 5.05. The Morgan fingerprint density at radius 1 is 1.05 bits per heavy atom. The highest BCUT2D eigenvalue weighted by molar-refractivity contribution is 6.74. The molecule has 39 heavy (non-hydrogen) atoms. The highest BCUT2D eigenvalue weighted by Gasteiger charge is 2.41. The van der Waals surface area contributed by atoms with Crippen molar-refractivity contribution in [3.63, 3.8) is 0 Å². The number of methoxy groups -OCH3 is 1. The average Bonchev–Trinajstić information content (AvgIpc) is 2.87. The molecule has 1 aliphatic rings. The topological polar surface area (TPSA) is 49.7 Å². The predicted molar refractivity (Wildman–Crippen MR) is 160 cm³/mol. The number of aromatic nitrogens is 1. The van der Waals surface area contributed by atoms with E-state index >= 15 is 0 Å². The lowest BCUT2D eigenvalue weighted by molar-refractivity contribution is -0.189. The quantitative estimate of drug-likeness (QED) is 0.281. The van der Waals surface area contributed by atoms with Crippen molar-refractivity contribution in [3.8, 4) is 5.69 Å². The predicted octanol–water partition coefficient (Wildman–Crippen LogP) is 7.81. The number of rotatable bonds is 7. The number of fused-ring (bicyclic) bond motifs is 1. The Kier molecular flexibility index (Phi) is 8.66. The van der Waals surface area contributed by atoms with Crippen molar-refractivity contribution in [2.75, 3.05) is 7.11 Å². The molecule has 0 aliphatic carbocycles. The van der Waals surface area contributed by atoms with Gasteiger partial charge in [-0.1, -0.05) is 58.9 Å². The third kappa shape index (κ3) is 6.27. The molecule has 1 saturated heterocycles. The summed E-state index contributed by atoms with van der Waals surface area (Å²) in [7, 11) is -0.323. The van der Waals surface area contributed by atoms with Gasteiger partial charge in [0, 0.05) is 31.0 Å². The second-order valence-corrected chi connectivity index (χ2v) is 17.0. The SMILES string of the molecule is CO[C@@H]1C[C@H](O[Si](C)(C)C(C)(C)C)C[C@@H](/C=C/c2c(C(C)C)c3ccccc3c(=O)n2-c2ccc(F)cc2)O1. The lowest BCUT2D eigenvalue weighted by Crippen LogP contribution is -2.47. The Morgan fingerprint density at radius 2 is 1.69 bits per heavy atom. The van der Waals surface area contributed by atoms with E-state index in [1.54, 1.807) is 23.8 Å². The average molecular weight is 552 g/mol. The maximum absolute atomic E-state index is 13.8. The van der Waals surface area contributed by atoms with Crippen LogP contribution in [0.1, 0.15) is 64.6 Å². The summed E-state index contributed by atoms with van der Waals surface area (Å²) >= 11 is 0. The van der Waals surface area contributed by atoms with E-state index in [0.717, 1.165) is 16.6 Å². The summed E-state index contributed by atoms with van der Waals surface area (Å²) < 4.78 is 34.1. The first kappa shape index (κ1) is 29.4. The first-order valence-corrected chi connectivity index (χ1v) is 16.7. The van der Waals surface area contributed by atoms with Gasteiger partial charge in [-0.25, -0.2) is 4.39 Å². The monoisotopic (exact) mass is 551 g/mol. The molecule has 1 aliphatic heterocycles. The van der Waals surface area contributed by atoms with Crippen molar-refractivity contribution in [1.29, 1.82) is 0 Å². The van der Waals surface area contributed by atoms with Gasteiger partial charge in [-0.3, -0.25) is 9.36 Å². The van der Waals surface area contributed by atoms with Crippen LogP contribution in [0.3, 0.4) is 0 Å². The van der Waals surface area contributed by atoms with Crippen LogP contribution in [0.5, 0.6) is 0 Å². The van der Waals surface area contributed by atoms with Gasteiger partial charge in [0.1, 0.15) is 5.82 Å². The summed E-state index contributed by atoms with van der Waals surface area (Å²) in [6.45, 7) is 15.5. The third-order valence-electron chi connectivity index (χ3n) is 8.11. The molecule has 0 amide bonds. The van der Waals surface area contributed by atoms with E-state index < -0.39 is 8.32 Å². The maximum Gasteiger partial charge on any atom is 0.263 e. The second kappa shape index (κ2) is 11.5. The van der Waals surface area contributed by atoms with Crippen LogP contribution in [0.15, 0.2) is 59.4 Å². The first-order chi connectivity index (χ1) is 18.3. The standard InChI is InChI=1S/C32H42FNO4Si/c1-21(2)30-26-11-9-10-12-27(26)31(35)34(23-15-13-22(33)14-16-23)28(30)18-17-24-19-25(20-29(36-6)37-24)38-39(7,8)32(3,4)5/h9-18,21,24-25,29H,19-20H2,1-8H3/b18-17+/t24-,25-,29+/m1/s1. The van der Waals surface area contributed by atoms with Crippen LogP contribution in [0.4, 0.5) is 4.39 Å². The van der Waals surface area contributed by atoms with Crippen LogP contribution in [0, 0.1) is 5.82 Å². The van der Waals surface area contributed by atoms with Gasteiger partial charge in [-0.2, -0.15) is 0 Å². The molecular weight excluding hydrogens is 509 g/mol. The van der Waals surface area contributed by atoms with Crippen LogP contribution in [-0.2, 0) is 13.9 Å². The number of hydrogen-bond donors (Lipinski definition) is 0. The Balaban J connectivity index is 1.80. The van der Waals surface area contributed by atoms with Gasteiger partial charge in [-0.15, -0.1) is 0 Å². The van der Waals surface area contributed by atoms with Crippen LogP contribution < -0.4 is 5.56 Å². The molecule has 0 bridgehead atoms. The number of hydrogen-bond acceptors (Lipinski definition) is 4. The van der Waals surface area contributed by atoms with Gasteiger partial charge in [0.05, 0.1) is 17.9 Å². The zero-order valence-corrected chi connectivity index (χ0v) is 25.5. The molecular formula is C32H42FNO4Si. The largest absolute Gasteiger partial charge is 0.414 e. The van der Waals surface area contributed by atoms with E-state index in [-0.39, 0.29) is 40.8 Å². The Morgan fingerprint density at radius 3 is 2.28 bits per heavy atom. The van der Waals surface area contributed by atoms with Crippen molar-refractivity contribution >= 4 is 25.2 Å². The zero-order chi connectivity index (χ0) is 28.5. The minimum atomic E-state index is -1.98. The van der Waals surface area contributed by atoms with E-state index in [9.17, 15) is 9.18 Å². The number of ether oxygens (including phenoxy) is 2. The highest BCUT2D eigenvalue weighted by Crippen LogP contribution is 2.39. The molecule has 210 valence electrons. The summed E-state index contributed by atoms with van der Waals surface area (Å²) in [6.07, 6.45) is 4.78. The van der Waals surface area contributed by atoms with Crippen LogP contribution in [0.25, 0.3) is 22.5 Å². The van der Waals surface area contributed by atoms with Crippen LogP contribution in [-0.4, -0.2) is 38.5 Å². The molecule has 2 aromatic carbocycles. The van der Waals surface area contributed by atoms with Crippen molar-refractivity contribution in [1.82, 2.24) is 4.57 Å². The molecule has 0 saturated carbocycles. The van der Waals surface area contributed by atoms with Gasteiger partial charge in [-0.05, 0) is 71.4 Å². The number of benzene rings is 2. The van der Waals surface area contributed by atoms with Crippen molar-refractivity contribution in [2.45, 2.75) is 90.0 Å². The molecule has 7 heteroatoms. The second-order valence-electron chi connectivity index (χ2n) is 12.3. The third-order valence-corrected chi connectivity index (χ3v) is 12.6. The molecule has 2 heterocycles. The summed E-state index contributed by atoms with van der Waals surface area (Å²) in [4.78, 5) is 13.8. The molecule has 3 atom stereocenters. The fourth-order valence-corrected chi connectivity index (χ4v) is 6.43. The lowest BCUT2D eigenvalue weighted by atomic mass is 9.93. The molecule has 1 aromatic heterocycles. The van der Waals surface area contributed by atoms with Crippen molar-refractivity contribution in [3.05, 3.63) is 82.0 Å². The van der Waals surface area contributed by atoms with Gasteiger partial charge >= 0.3 is 0 Å². The highest BCUT2D eigenvalue weighted by atomic mass is 28.4. The van der Waals surface area contributed by atoms with Crippen LogP contribution in [0.2, 0.25) is 18.1 Å². The maximum atomic E-state index is 13.8. The van der Waals surface area contributed by atoms with Crippen molar-refractivity contribution in [2.24, 2.45) is 0 Å². The normalized spacial score (nSPS) is 20.8. The fraction of sp³-hybridized carbons (Fsp3) is 0.469. The minimum Gasteiger partial charge on any atom is -0.414 e. The minimum absolute atomic E-state index is 0.0136. The lowest BCUT2D eigenvalue weighted by Gasteiger charge is -2.42. The zero-order valence-electron chi connectivity index (χ0n) is 24.5.